The van der Waals surface area contributed by atoms with Gasteiger partial charge in [0.05, 0.1) is 23.1 Å². The standard InChI is InChI=1S/C11H18N2O2S/c12-9(16)11(4-2-5-11)10(15)13-6-1-3-8(13)7-14/h8,14H,1-7H2,(H2,12,16). The van der Waals surface area contributed by atoms with Gasteiger partial charge in [-0.05, 0) is 25.7 Å². The van der Waals surface area contributed by atoms with Crippen molar-refractivity contribution in [2.45, 2.75) is 38.1 Å². The zero-order valence-electron chi connectivity index (χ0n) is 9.32. The summed E-state index contributed by atoms with van der Waals surface area (Å²) in [5.41, 5.74) is 5.12. The monoisotopic (exact) mass is 242 g/mol. The highest BCUT2D eigenvalue weighted by molar-refractivity contribution is 7.80. The highest BCUT2D eigenvalue weighted by Gasteiger charge is 2.50. The van der Waals surface area contributed by atoms with Gasteiger partial charge in [-0.2, -0.15) is 0 Å². The second-order valence-electron chi connectivity index (χ2n) is 4.78. The molecule has 5 heteroatoms. The van der Waals surface area contributed by atoms with Crippen molar-refractivity contribution in [1.82, 2.24) is 4.90 Å². The lowest BCUT2D eigenvalue weighted by Gasteiger charge is -2.43. The molecule has 1 heterocycles. The Hall–Kier alpha value is -0.680. The maximum Gasteiger partial charge on any atom is 0.235 e. The Morgan fingerprint density at radius 2 is 2.19 bits per heavy atom. The lowest BCUT2D eigenvalue weighted by molar-refractivity contribution is -0.143. The van der Waals surface area contributed by atoms with Gasteiger partial charge in [-0.15, -0.1) is 0 Å². The molecule has 1 saturated heterocycles. The molecule has 1 aliphatic heterocycles. The van der Waals surface area contributed by atoms with Crippen molar-refractivity contribution in [2.24, 2.45) is 11.1 Å². The van der Waals surface area contributed by atoms with Gasteiger partial charge in [-0.1, -0.05) is 18.6 Å². The summed E-state index contributed by atoms with van der Waals surface area (Å²) in [6.07, 6.45) is 4.41. The van der Waals surface area contributed by atoms with E-state index in [4.69, 9.17) is 18.0 Å². The van der Waals surface area contributed by atoms with E-state index in [2.05, 4.69) is 0 Å². The Bertz CT molecular complexity index is 315. The Labute approximate surface area is 101 Å². The maximum atomic E-state index is 12.4. The summed E-state index contributed by atoms with van der Waals surface area (Å²) in [5.74, 6) is 0.0443. The second-order valence-corrected chi connectivity index (χ2v) is 5.22. The summed E-state index contributed by atoms with van der Waals surface area (Å²) in [6.45, 7) is 0.771. The first-order valence-electron chi connectivity index (χ1n) is 5.83. The van der Waals surface area contributed by atoms with Gasteiger partial charge in [-0.25, -0.2) is 0 Å². The number of aliphatic hydroxyl groups excluding tert-OH is 1. The zero-order valence-corrected chi connectivity index (χ0v) is 10.1. The topological polar surface area (TPSA) is 66.6 Å². The molecule has 2 aliphatic rings. The highest BCUT2D eigenvalue weighted by atomic mass is 32.1. The van der Waals surface area contributed by atoms with Crippen LogP contribution in [0.3, 0.4) is 0 Å². The van der Waals surface area contributed by atoms with Crippen molar-refractivity contribution >= 4 is 23.1 Å². The van der Waals surface area contributed by atoms with Gasteiger partial charge in [0.15, 0.2) is 0 Å². The van der Waals surface area contributed by atoms with Gasteiger partial charge in [0.25, 0.3) is 0 Å². The normalized spacial score (nSPS) is 27.6. The molecule has 90 valence electrons. The van der Waals surface area contributed by atoms with Crippen LogP contribution in [-0.4, -0.2) is 40.1 Å². The van der Waals surface area contributed by atoms with Crippen molar-refractivity contribution in [3.63, 3.8) is 0 Å². The molecular weight excluding hydrogens is 224 g/mol. The van der Waals surface area contributed by atoms with E-state index in [0.717, 1.165) is 38.6 Å². The van der Waals surface area contributed by atoms with E-state index in [9.17, 15) is 9.90 Å². The van der Waals surface area contributed by atoms with Crippen molar-refractivity contribution in [2.75, 3.05) is 13.2 Å². The minimum Gasteiger partial charge on any atom is -0.394 e. The molecule has 4 nitrogen and oxygen atoms in total. The molecule has 1 amide bonds. The van der Waals surface area contributed by atoms with Gasteiger partial charge < -0.3 is 15.7 Å². The van der Waals surface area contributed by atoms with E-state index in [1.165, 1.54) is 0 Å². The van der Waals surface area contributed by atoms with Crippen molar-refractivity contribution in [1.29, 1.82) is 0 Å². The lowest BCUT2D eigenvalue weighted by atomic mass is 9.67. The van der Waals surface area contributed by atoms with Crippen LogP contribution in [0.15, 0.2) is 0 Å². The Balaban J connectivity index is 2.14. The van der Waals surface area contributed by atoms with Crippen LogP contribution in [0, 0.1) is 5.41 Å². The third-order valence-electron chi connectivity index (χ3n) is 3.94. The van der Waals surface area contributed by atoms with Crippen molar-refractivity contribution in [3.05, 3.63) is 0 Å². The van der Waals surface area contributed by atoms with E-state index in [-0.39, 0.29) is 18.6 Å². The Morgan fingerprint density at radius 3 is 2.62 bits per heavy atom. The van der Waals surface area contributed by atoms with Crippen molar-refractivity contribution in [3.8, 4) is 0 Å². The molecule has 0 aromatic rings. The van der Waals surface area contributed by atoms with Gasteiger partial charge in [-0.3, -0.25) is 4.79 Å². The zero-order chi connectivity index (χ0) is 11.8. The molecule has 0 aromatic carbocycles. The third kappa shape index (κ3) is 1.62. The quantitative estimate of drug-likeness (QED) is 0.704. The summed E-state index contributed by atoms with van der Waals surface area (Å²) in [4.78, 5) is 14.5. The van der Waals surface area contributed by atoms with Gasteiger partial charge in [0, 0.05) is 6.54 Å². The van der Waals surface area contributed by atoms with Crippen LogP contribution in [-0.2, 0) is 4.79 Å². The number of thiocarbonyl (C=S) groups is 1. The number of carbonyl (C=O) groups excluding carboxylic acids is 1. The number of rotatable bonds is 3. The largest absolute Gasteiger partial charge is 0.394 e. The van der Waals surface area contributed by atoms with E-state index in [1.807, 2.05) is 0 Å². The number of aliphatic hydroxyl groups is 1. The van der Waals surface area contributed by atoms with E-state index >= 15 is 0 Å². The molecule has 0 aromatic heterocycles. The van der Waals surface area contributed by atoms with Crippen LogP contribution >= 0.6 is 12.2 Å². The van der Waals surface area contributed by atoms with Crippen LogP contribution in [0.4, 0.5) is 0 Å². The number of amides is 1. The SMILES string of the molecule is NC(=S)C1(C(=O)N2CCCC2CO)CCC1. The average molecular weight is 242 g/mol. The molecule has 0 radical (unpaired) electrons. The fourth-order valence-corrected chi connectivity index (χ4v) is 2.96. The third-order valence-corrected chi connectivity index (χ3v) is 4.33. The molecule has 0 bridgehead atoms. The molecule has 2 rings (SSSR count). The maximum absolute atomic E-state index is 12.4. The molecule has 1 atom stereocenters. The van der Waals surface area contributed by atoms with Crippen LogP contribution in [0.2, 0.25) is 0 Å². The van der Waals surface area contributed by atoms with E-state index < -0.39 is 5.41 Å². The molecule has 1 saturated carbocycles. The van der Waals surface area contributed by atoms with Gasteiger partial charge in [0.2, 0.25) is 5.91 Å². The summed E-state index contributed by atoms with van der Waals surface area (Å²) < 4.78 is 0. The first-order valence-corrected chi connectivity index (χ1v) is 6.24. The fourth-order valence-electron chi connectivity index (χ4n) is 2.66. The van der Waals surface area contributed by atoms with Crippen LogP contribution in [0.25, 0.3) is 0 Å². The fraction of sp³-hybridized carbons (Fsp3) is 0.818. The van der Waals surface area contributed by atoms with E-state index in [1.54, 1.807) is 4.90 Å². The van der Waals surface area contributed by atoms with Crippen molar-refractivity contribution < 1.29 is 9.90 Å². The molecule has 3 N–H and O–H groups in total. The molecule has 16 heavy (non-hydrogen) atoms. The average Bonchev–Trinajstić information content (AvgIpc) is 2.62. The summed E-state index contributed by atoms with van der Waals surface area (Å²) in [5, 5.41) is 9.22. The number of likely N-dealkylation sites (tertiary alicyclic amines) is 1. The minimum atomic E-state index is -0.590. The smallest absolute Gasteiger partial charge is 0.235 e. The summed E-state index contributed by atoms with van der Waals surface area (Å²) in [6, 6.07) is -0.0284. The Kier molecular flexibility index (Phi) is 3.17. The van der Waals surface area contributed by atoms with Gasteiger partial charge in [0.1, 0.15) is 0 Å². The summed E-state index contributed by atoms with van der Waals surface area (Å²) >= 11 is 5.04. The second kappa shape index (κ2) is 4.30. The van der Waals surface area contributed by atoms with Crippen LogP contribution in [0.1, 0.15) is 32.1 Å². The molecule has 1 aliphatic carbocycles. The predicted octanol–water partition coefficient (Wildman–Crippen LogP) is 0.426. The summed E-state index contributed by atoms with van der Waals surface area (Å²) in [7, 11) is 0. The van der Waals surface area contributed by atoms with Gasteiger partial charge >= 0.3 is 0 Å². The predicted molar refractivity (Wildman–Crippen MR) is 64.9 cm³/mol. The van der Waals surface area contributed by atoms with Crippen LogP contribution < -0.4 is 5.73 Å². The lowest BCUT2D eigenvalue weighted by Crippen LogP contribution is -2.55. The van der Waals surface area contributed by atoms with Crippen LogP contribution in [0.5, 0.6) is 0 Å². The highest BCUT2D eigenvalue weighted by Crippen LogP contribution is 2.44. The number of nitrogens with two attached hydrogens (primary N) is 1. The number of nitrogens with zero attached hydrogens (tertiary/aromatic N) is 1. The van der Waals surface area contributed by atoms with E-state index in [0.29, 0.717) is 4.99 Å². The minimum absolute atomic E-state index is 0.0284. The molecule has 2 fully saturated rings. The number of hydrogen-bond acceptors (Lipinski definition) is 3. The number of carbonyl (C=O) groups is 1. The molecule has 1 unspecified atom stereocenters. The Morgan fingerprint density at radius 1 is 1.50 bits per heavy atom. The first-order chi connectivity index (χ1) is 7.62. The molecule has 0 spiro atoms. The number of hydrogen-bond donors (Lipinski definition) is 2. The first kappa shape index (κ1) is 11.8. The molecular formula is C11H18N2O2S.